The highest BCUT2D eigenvalue weighted by Crippen LogP contribution is 2.18. The van der Waals surface area contributed by atoms with Gasteiger partial charge in [0.25, 0.3) is 0 Å². The lowest BCUT2D eigenvalue weighted by molar-refractivity contribution is 0.476. The first kappa shape index (κ1) is 6.16. The Morgan fingerprint density at radius 2 is 2.22 bits per heavy atom. The van der Waals surface area contributed by atoms with E-state index >= 15 is 0 Å². The van der Waals surface area contributed by atoms with E-state index in [1.54, 1.807) is 0 Å². The fourth-order valence-electron chi connectivity index (χ4n) is 0.443. The van der Waals surface area contributed by atoms with E-state index in [1.165, 1.54) is 12.1 Å². The highest BCUT2D eigenvalue weighted by Gasteiger charge is 1.95. The smallest absolute Gasteiger partial charge is 0.167 e. The van der Waals surface area contributed by atoms with E-state index in [2.05, 4.69) is 4.98 Å². The Bertz CT molecular complexity index is 226. The SMILES string of the molecule is Nc1nc(Cl)ccc1O. The van der Waals surface area contributed by atoms with Crippen molar-refractivity contribution < 1.29 is 5.11 Å². The molecule has 0 fully saturated rings. The summed E-state index contributed by atoms with van der Waals surface area (Å²) in [6, 6.07) is 2.86. The monoisotopic (exact) mass is 144 g/mol. The van der Waals surface area contributed by atoms with Crippen molar-refractivity contribution in [1.29, 1.82) is 0 Å². The van der Waals surface area contributed by atoms with Gasteiger partial charge in [0.05, 0.1) is 0 Å². The second-order valence-electron chi connectivity index (χ2n) is 1.54. The number of nitrogens with two attached hydrogens (primary N) is 1. The summed E-state index contributed by atoms with van der Waals surface area (Å²) in [6.07, 6.45) is 0. The molecule has 1 aromatic heterocycles. The third-order valence-corrected chi connectivity index (χ3v) is 1.08. The van der Waals surface area contributed by atoms with Gasteiger partial charge in [0.1, 0.15) is 5.15 Å². The standard InChI is InChI=1S/C5H5ClN2O/c6-4-2-1-3(9)5(7)8-4/h1-2,9H,(H2,7,8). The molecule has 48 valence electrons. The normalized spacial score (nSPS) is 9.44. The molecule has 0 aliphatic rings. The van der Waals surface area contributed by atoms with Crippen molar-refractivity contribution >= 4 is 17.4 Å². The zero-order valence-electron chi connectivity index (χ0n) is 4.50. The molecule has 4 heteroatoms. The van der Waals surface area contributed by atoms with Crippen molar-refractivity contribution in [2.75, 3.05) is 5.73 Å². The van der Waals surface area contributed by atoms with Crippen LogP contribution in [0.4, 0.5) is 5.82 Å². The van der Waals surface area contributed by atoms with Gasteiger partial charge in [0.15, 0.2) is 11.6 Å². The highest BCUT2D eigenvalue weighted by atomic mass is 35.5. The Kier molecular flexibility index (Phi) is 1.44. The van der Waals surface area contributed by atoms with Crippen LogP contribution < -0.4 is 5.73 Å². The third-order valence-electron chi connectivity index (χ3n) is 0.868. The van der Waals surface area contributed by atoms with E-state index in [-0.39, 0.29) is 16.7 Å². The van der Waals surface area contributed by atoms with Crippen LogP contribution in [0.3, 0.4) is 0 Å². The maximum atomic E-state index is 8.80. The fraction of sp³-hybridized carbons (Fsp3) is 0. The first-order valence-electron chi connectivity index (χ1n) is 2.31. The number of hydrogen-bond donors (Lipinski definition) is 2. The molecule has 0 spiro atoms. The molecular formula is C5H5ClN2O. The van der Waals surface area contributed by atoms with Crippen LogP contribution in [0, 0.1) is 0 Å². The highest BCUT2D eigenvalue weighted by molar-refractivity contribution is 6.29. The molecule has 1 aromatic rings. The molecule has 0 saturated carbocycles. The Morgan fingerprint density at radius 1 is 1.56 bits per heavy atom. The molecule has 0 amide bonds. The van der Waals surface area contributed by atoms with E-state index < -0.39 is 0 Å². The molecule has 0 bridgehead atoms. The number of nitrogen functional groups attached to an aromatic ring is 1. The Hall–Kier alpha value is -0.960. The van der Waals surface area contributed by atoms with E-state index in [4.69, 9.17) is 22.4 Å². The zero-order chi connectivity index (χ0) is 6.85. The minimum Gasteiger partial charge on any atom is -0.504 e. The van der Waals surface area contributed by atoms with E-state index in [1.807, 2.05) is 0 Å². The maximum absolute atomic E-state index is 8.80. The van der Waals surface area contributed by atoms with Crippen molar-refractivity contribution in [3.63, 3.8) is 0 Å². The molecule has 0 radical (unpaired) electrons. The average Bonchev–Trinajstić information content (AvgIpc) is 1.80. The van der Waals surface area contributed by atoms with Gasteiger partial charge in [-0.2, -0.15) is 0 Å². The summed E-state index contributed by atoms with van der Waals surface area (Å²) in [6.45, 7) is 0. The third kappa shape index (κ3) is 1.23. The summed E-state index contributed by atoms with van der Waals surface area (Å²) in [5, 5.41) is 9.08. The minimum atomic E-state index is -0.0422. The van der Waals surface area contributed by atoms with Gasteiger partial charge in [-0.05, 0) is 12.1 Å². The van der Waals surface area contributed by atoms with Gasteiger partial charge in [-0.1, -0.05) is 11.6 Å². The molecule has 0 unspecified atom stereocenters. The molecule has 0 aromatic carbocycles. The number of anilines is 1. The summed E-state index contributed by atoms with van der Waals surface area (Å²) < 4.78 is 0. The van der Waals surface area contributed by atoms with E-state index in [0.717, 1.165) is 0 Å². The predicted octanol–water partition coefficient (Wildman–Crippen LogP) is 1.02. The van der Waals surface area contributed by atoms with Gasteiger partial charge in [-0.25, -0.2) is 4.98 Å². The van der Waals surface area contributed by atoms with E-state index in [0.29, 0.717) is 0 Å². The summed E-state index contributed by atoms with van der Waals surface area (Å²) in [5.41, 5.74) is 5.18. The summed E-state index contributed by atoms with van der Waals surface area (Å²) in [4.78, 5) is 3.57. The van der Waals surface area contributed by atoms with Crippen LogP contribution in [0.15, 0.2) is 12.1 Å². The first-order valence-corrected chi connectivity index (χ1v) is 2.69. The minimum absolute atomic E-state index is 0.0422. The van der Waals surface area contributed by atoms with Gasteiger partial charge in [0.2, 0.25) is 0 Å². The van der Waals surface area contributed by atoms with Crippen molar-refractivity contribution in [3.8, 4) is 5.75 Å². The van der Waals surface area contributed by atoms with Gasteiger partial charge < -0.3 is 10.8 Å². The zero-order valence-corrected chi connectivity index (χ0v) is 5.26. The molecular weight excluding hydrogens is 140 g/mol. The molecule has 1 rings (SSSR count). The van der Waals surface area contributed by atoms with Crippen LogP contribution in [-0.2, 0) is 0 Å². The van der Waals surface area contributed by atoms with Gasteiger partial charge in [-0.3, -0.25) is 0 Å². The largest absolute Gasteiger partial charge is 0.504 e. The summed E-state index contributed by atoms with van der Waals surface area (Å²) >= 11 is 5.41. The average molecular weight is 145 g/mol. The van der Waals surface area contributed by atoms with Crippen LogP contribution in [0.1, 0.15) is 0 Å². The summed E-state index contributed by atoms with van der Waals surface area (Å²) in [5.74, 6) is 0.0156. The molecule has 3 nitrogen and oxygen atoms in total. The van der Waals surface area contributed by atoms with Crippen LogP contribution in [0.2, 0.25) is 5.15 Å². The second kappa shape index (κ2) is 2.11. The molecule has 3 N–H and O–H groups in total. The molecule has 0 saturated heterocycles. The quantitative estimate of drug-likeness (QED) is 0.535. The van der Waals surface area contributed by atoms with E-state index in [9.17, 15) is 0 Å². The molecule has 0 aliphatic carbocycles. The molecule has 0 aliphatic heterocycles. The first-order chi connectivity index (χ1) is 4.20. The lowest BCUT2D eigenvalue weighted by atomic mass is 10.4. The molecule has 1 heterocycles. The van der Waals surface area contributed by atoms with Crippen LogP contribution in [0.5, 0.6) is 5.75 Å². The number of aromatic nitrogens is 1. The maximum Gasteiger partial charge on any atom is 0.167 e. The molecule has 9 heavy (non-hydrogen) atoms. The number of nitrogens with zero attached hydrogens (tertiary/aromatic N) is 1. The topological polar surface area (TPSA) is 59.1 Å². The number of rotatable bonds is 0. The number of aromatic hydroxyl groups is 1. The predicted molar refractivity (Wildman–Crippen MR) is 35.3 cm³/mol. The number of hydrogen-bond acceptors (Lipinski definition) is 3. The summed E-state index contributed by atoms with van der Waals surface area (Å²) in [7, 11) is 0. The lowest BCUT2D eigenvalue weighted by Gasteiger charge is -1.94. The Labute approximate surface area is 57.1 Å². The fourth-order valence-corrected chi connectivity index (χ4v) is 0.597. The van der Waals surface area contributed by atoms with Crippen LogP contribution >= 0.6 is 11.6 Å². The van der Waals surface area contributed by atoms with Crippen molar-refractivity contribution in [3.05, 3.63) is 17.3 Å². The van der Waals surface area contributed by atoms with Gasteiger partial charge in [-0.15, -0.1) is 0 Å². The van der Waals surface area contributed by atoms with Crippen LogP contribution in [0.25, 0.3) is 0 Å². The second-order valence-corrected chi connectivity index (χ2v) is 1.93. The van der Waals surface area contributed by atoms with Gasteiger partial charge in [0, 0.05) is 0 Å². The molecule has 0 atom stereocenters. The van der Waals surface area contributed by atoms with Crippen molar-refractivity contribution in [2.24, 2.45) is 0 Å². The Balaban J connectivity index is 3.17. The lowest BCUT2D eigenvalue weighted by Crippen LogP contribution is -1.89. The van der Waals surface area contributed by atoms with Crippen molar-refractivity contribution in [1.82, 2.24) is 4.98 Å². The Morgan fingerprint density at radius 3 is 2.67 bits per heavy atom. The van der Waals surface area contributed by atoms with Crippen molar-refractivity contribution in [2.45, 2.75) is 0 Å². The number of pyridine rings is 1. The van der Waals surface area contributed by atoms with Crippen LogP contribution in [-0.4, -0.2) is 10.1 Å². The number of halogens is 1. The van der Waals surface area contributed by atoms with Gasteiger partial charge >= 0.3 is 0 Å².